The monoisotopic (exact) mass is 328 g/mol. The van der Waals surface area contributed by atoms with Crippen LogP contribution in [0, 0.1) is 5.82 Å². The molecule has 0 aromatic heterocycles. The summed E-state index contributed by atoms with van der Waals surface area (Å²) in [6, 6.07) is 11.0. The molecule has 2 aromatic rings. The van der Waals surface area contributed by atoms with Crippen LogP contribution in [0.2, 0.25) is 0 Å². The first-order chi connectivity index (χ1) is 11.5. The van der Waals surface area contributed by atoms with Crippen LogP contribution in [-0.4, -0.2) is 18.5 Å². The fourth-order valence-corrected chi connectivity index (χ4v) is 2.13. The van der Waals surface area contributed by atoms with Crippen LogP contribution in [-0.2, 0) is 0 Å². The van der Waals surface area contributed by atoms with Crippen LogP contribution in [0.3, 0.4) is 0 Å². The summed E-state index contributed by atoms with van der Waals surface area (Å²) in [5, 5.41) is 0. The average Bonchev–Trinajstić information content (AvgIpc) is 2.55. The molecule has 4 heteroatoms. The van der Waals surface area contributed by atoms with Gasteiger partial charge in [-0.3, -0.25) is 4.79 Å². The second kappa shape index (κ2) is 8.29. The molecule has 0 radical (unpaired) electrons. The number of allylic oxidation sites excluding steroid dienone is 1. The molecule has 2 rings (SSSR count). The number of hydrogen-bond acceptors (Lipinski definition) is 3. The van der Waals surface area contributed by atoms with E-state index in [1.807, 2.05) is 39.0 Å². The van der Waals surface area contributed by atoms with Crippen molar-refractivity contribution in [2.24, 2.45) is 0 Å². The first-order valence-corrected chi connectivity index (χ1v) is 7.91. The van der Waals surface area contributed by atoms with Gasteiger partial charge in [0.2, 0.25) is 0 Å². The van der Waals surface area contributed by atoms with Crippen molar-refractivity contribution in [2.45, 2.75) is 26.9 Å². The molecule has 0 saturated heterocycles. The van der Waals surface area contributed by atoms with Crippen molar-refractivity contribution in [1.82, 2.24) is 0 Å². The Kier molecular flexibility index (Phi) is 6.13. The van der Waals surface area contributed by atoms with E-state index in [1.54, 1.807) is 6.08 Å². The predicted octanol–water partition coefficient (Wildman–Crippen LogP) is 4.91. The molecule has 0 atom stereocenters. The Morgan fingerprint density at radius 1 is 1.12 bits per heavy atom. The first-order valence-electron chi connectivity index (χ1n) is 7.91. The maximum Gasteiger partial charge on any atom is 0.185 e. The summed E-state index contributed by atoms with van der Waals surface area (Å²) in [6.45, 7) is 6.33. The highest BCUT2D eigenvalue weighted by molar-refractivity contribution is 6.06. The van der Waals surface area contributed by atoms with E-state index in [4.69, 9.17) is 9.47 Å². The second-order valence-electron chi connectivity index (χ2n) is 5.51. The van der Waals surface area contributed by atoms with Crippen molar-refractivity contribution in [2.75, 3.05) is 6.61 Å². The molecule has 126 valence electrons. The van der Waals surface area contributed by atoms with E-state index < -0.39 is 0 Å². The van der Waals surface area contributed by atoms with Crippen molar-refractivity contribution in [3.63, 3.8) is 0 Å². The van der Waals surface area contributed by atoms with Gasteiger partial charge in [0, 0.05) is 5.56 Å². The van der Waals surface area contributed by atoms with Gasteiger partial charge in [0.25, 0.3) is 0 Å². The number of carbonyl (C=O) groups excluding carboxylic acids is 1. The number of ether oxygens (including phenoxy) is 2. The third-order valence-electron chi connectivity index (χ3n) is 3.19. The van der Waals surface area contributed by atoms with Crippen molar-refractivity contribution in [3.05, 3.63) is 65.5 Å². The zero-order valence-electron chi connectivity index (χ0n) is 14.1. The van der Waals surface area contributed by atoms with Gasteiger partial charge < -0.3 is 9.47 Å². The quantitative estimate of drug-likeness (QED) is 0.535. The van der Waals surface area contributed by atoms with Crippen LogP contribution in [0.4, 0.5) is 4.39 Å². The number of ketones is 1. The van der Waals surface area contributed by atoms with Gasteiger partial charge in [0.15, 0.2) is 17.3 Å². The summed E-state index contributed by atoms with van der Waals surface area (Å²) >= 11 is 0. The Bertz CT molecular complexity index is 718. The van der Waals surface area contributed by atoms with E-state index in [2.05, 4.69) is 0 Å². The van der Waals surface area contributed by atoms with Gasteiger partial charge in [-0.25, -0.2) is 4.39 Å². The van der Waals surface area contributed by atoms with Gasteiger partial charge in [-0.2, -0.15) is 0 Å². The Labute approximate surface area is 141 Å². The molecule has 0 amide bonds. The molecule has 0 bridgehead atoms. The molecule has 0 aliphatic rings. The maximum absolute atomic E-state index is 12.9. The summed E-state index contributed by atoms with van der Waals surface area (Å²) in [7, 11) is 0. The molecule has 0 saturated carbocycles. The van der Waals surface area contributed by atoms with Crippen LogP contribution in [0.25, 0.3) is 6.08 Å². The Balaban J connectivity index is 2.17. The molecule has 0 unspecified atom stereocenters. The maximum atomic E-state index is 12.9. The fourth-order valence-electron chi connectivity index (χ4n) is 2.13. The molecular weight excluding hydrogens is 307 g/mol. The predicted molar refractivity (Wildman–Crippen MR) is 93.1 cm³/mol. The van der Waals surface area contributed by atoms with Gasteiger partial charge in [-0.05, 0) is 68.8 Å². The lowest BCUT2D eigenvalue weighted by Crippen LogP contribution is -2.07. The number of rotatable bonds is 7. The van der Waals surface area contributed by atoms with Crippen LogP contribution >= 0.6 is 0 Å². The van der Waals surface area contributed by atoms with E-state index in [0.717, 1.165) is 5.56 Å². The SMILES string of the molecule is CCOc1cc(/C=C/C(=O)c2ccc(F)cc2)ccc1OC(C)C. The van der Waals surface area contributed by atoms with Gasteiger partial charge in [-0.15, -0.1) is 0 Å². The van der Waals surface area contributed by atoms with E-state index in [9.17, 15) is 9.18 Å². The average molecular weight is 328 g/mol. The largest absolute Gasteiger partial charge is 0.490 e. The Morgan fingerprint density at radius 2 is 1.83 bits per heavy atom. The highest BCUT2D eigenvalue weighted by Crippen LogP contribution is 2.30. The third-order valence-corrected chi connectivity index (χ3v) is 3.19. The van der Waals surface area contributed by atoms with Crippen LogP contribution in [0.5, 0.6) is 11.5 Å². The minimum atomic E-state index is -0.363. The molecule has 0 fully saturated rings. The summed E-state index contributed by atoms with van der Waals surface area (Å²) in [4.78, 5) is 12.1. The van der Waals surface area contributed by atoms with Crippen molar-refractivity contribution in [3.8, 4) is 11.5 Å². The van der Waals surface area contributed by atoms with Gasteiger partial charge in [0.1, 0.15) is 5.82 Å². The lowest BCUT2D eigenvalue weighted by Gasteiger charge is -2.14. The second-order valence-corrected chi connectivity index (χ2v) is 5.51. The molecular formula is C20H21FO3. The minimum absolute atomic E-state index is 0.0469. The molecule has 0 spiro atoms. The van der Waals surface area contributed by atoms with Crippen LogP contribution < -0.4 is 9.47 Å². The fraction of sp³-hybridized carbons (Fsp3) is 0.250. The normalized spacial score (nSPS) is 11.0. The van der Waals surface area contributed by atoms with Crippen molar-refractivity contribution < 1.29 is 18.7 Å². The molecule has 2 aromatic carbocycles. The Morgan fingerprint density at radius 3 is 2.46 bits per heavy atom. The van der Waals surface area contributed by atoms with Crippen LogP contribution in [0.15, 0.2) is 48.5 Å². The molecule has 0 heterocycles. The van der Waals surface area contributed by atoms with E-state index >= 15 is 0 Å². The number of halogens is 1. The molecule has 3 nitrogen and oxygen atoms in total. The zero-order valence-corrected chi connectivity index (χ0v) is 14.1. The molecule has 24 heavy (non-hydrogen) atoms. The van der Waals surface area contributed by atoms with Gasteiger partial charge in [-0.1, -0.05) is 12.1 Å². The first kappa shape index (κ1) is 17.7. The minimum Gasteiger partial charge on any atom is -0.490 e. The van der Waals surface area contributed by atoms with Crippen molar-refractivity contribution >= 4 is 11.9 Å². The Hall–Kier alpha value is -2.62. The standard InChI is InChI=1S/C20H21FO3/c1-4-23-20-13-15(6-12-19(20)24-14(2)3)5-11-18(22)16-7-9-17(21)10-8-16/h5-14H,4H2,1-3H3/b11-5+. The van der Waals surface area contributed by atoms with E-state index in [1.165, 1.54) is 30.3 Å². The molecule has 0 aliphatic heterocycles. The van der Waals surface area contributed by atoms with Crippen molar-refractivity contribution in [1.29, 1.82) is 0 Å². The van der Waals surface area contributed by atoms with E-state index in [0.29, 0.717) is 23.7 Å². The zero-order chi connectivity index (χ0) is 17.5. The number of hydrogen-bond donors (Lipinski definition) is 0. The third kappa shape index (κ3) is 4.95. The van der Waals surface area contributed by atoms with Gasteiger partial charge >= 0.3 is 0 Å². The lowest BCUT2D eigenvalue weighted by molar-refractivity contribution is 0.104. The summed E-state index contributed by atoms with van der Waals surface area (Å²) in [5.41, 5.74) is 1.27. The summed E-state index contributed by atoms with van der Waals surface area (Å²) < 4.78 is 24.2. The van der Waals surface area contributed by atoms with E-state index in [-0.39, 0.29) is 17.7 Å². The highest BCUT2D eigenvalue weighted by atomic mass is 19.1. The number of carbonyl (C=O) groups is 1. The summed E-state index contributed by atoms with van der Waals surface area (Å²) in [5.74, 6) is 0.768. The highest BCUT2D eigenvalue weighted by Gasteiger charge is 2.08. The molecule has 0 aliphatic carbocycles. The van der Waals surface area contributed by atoms with Gasteiger partial charge in [0.05, 0.1) is 12.7 Å². The van der Waals surface area contributed by atoms with Crippen LogP contribution in [0.1, 0.15) is 36.7 Å². The topological polar surface area (TPSA) is 35.5 Å². The lowest BCUT2D eigenvalue weighted by atomic mass is 10.1. The number of benzene rings is 2. The smallest absolute Gasteiger partial charge is 0.185 e. The summed E-state index contributed by atoms with van der Waals surface area (Å²) in [6.07, 6.45) is 3.21. The molecule has 0 N–H and O–H groups in total.